The van der Waals surface area contributed by atoms with Crippen molar-refractivity contribution in [1.29, 1.82) is 0 Å². The Balaban J connectivity index is 1.69. The molecule has 1 saturated heterocycles. The number of thioether (sulfide) groups is 1. The van der Waals surface area contributed by atoms with Gasteiger partial charge in [-0.2, -0.15) is 0 Å². The highest BCUT2D eigenvalue weighted by molar-refractivity contribution is 7.99. The zero-order chi connectivity index (χ0) is 13.6. The third-order valence-electron chi connectivity index (χ3n) is 3.42. The van der Waals surface area contributed by atoms with E-state index in [1.165, 1.54) is 0 Å². The second-order valence-electron chi connectivity index (χ2n) is 5.11. The van der Waals surface area contributed by atoms with Gasteiger partial charge in [-0.3, -0.25) is 4.79 Å². The van der Waals surface area contributed by atoms with Gasteiger partial charge in [-0.15, -0.1) is 11.8 Å². The van der Waals surface area contributed by atoms with Gasteiger partial charge in [-0.05, 0) is 38.4 Å². The molecule has 1 unspecified atom stereocenters. The minimum absolute atomic E-state index is 0.168. The van der Waals surface area contributed by atoms with E-state index in [9.17, 15) is 4.79 Å². The van der Waals surface area contributed by atoms with Crippen LogP contribution in [0.5, 0.6) is 0 Å². The van der Waals surface area contributed by atoms with Crippen molar-refractivity contribution >= 4 is 17.7 Å². The maximum Gasteiger partial charge on any atom is 0.227 e. The molecule has 0 aromatic carbocycles. The second-order valence-corrected chi connectivity index (χ2v) is 6.23. The summed E-state index contributed by atoms with van der Waals surface area (Å²) in [5.41, 5.74) is -0.242. The summed E-state index contributed by atoms with van der Waals surface area (Å²) in [7, 11) is 0. The predicted molar refractivity (Wildman–Crippen MR) is 78.2 cm³/mol. The van der Waals surface area contributed by atoms with Gasteiger partial charge in [-0.1, -0.05) is 6.07 Å². The lowest BCUT2D eigenvalue weighted by Crippen LogP contribution is -2.49. The van der Waals surface area contributed by atoms with Crippen LogP contribution in [-0.4, -0.2) is 36.3 Å². The molecule has 1 aliphatic rings. The highest BCUT2D eigenvalue weighted by Gasteiger charge is 2.34. The minimum atomic E-state index is -0.242. The van der Waals surface area contributed by atoms with Crippen molar-refractivity contribution in [3.8, 4) is 0 Å². The first-order chi connectivity index (χ1) is 9.21. The third kappa shape index (κ3) is 4.21. The Morgan fingerprint density at radius 2 is 2.47 bits per heavy atom. The summed E-state index contributed by atoms with van der Waals surface area (Å²) in [4.78, 5) is 16.4. The Morgan fingerprint density at radius 1 is 1.58 bits per heavy atom. The van der Waals surface area contributed by atoms with Crippen molar-refractivity contribution in [2.75, 3.05) is 25.4 Å². The van der Waals surface area contributed by atoms with Crippen molar-refractivity contribution in [2.45, 2.75) is 24.8 Å². The van der Waals surface area contributed by atoms with Crippen molar-refractivity contribution in [2.24, 2.45) is 5.41 Å². The Hall–Kier alpha value is -1.07. The number of amides is 1. The van der Waals surface area contributed by atoms with Crippen LogP contribution >= 0.6 is 11.8 Å². The molecule has 0 bridgehead atoms. The van der Waals surface area contributed by atoms with E-state index in [2.05, 4.69) is 15.6 Å². The molecule has 0 saturated carbocycles. The molecule has 4 nitrogen and oxygen atoms in total. The molecule has 0 spiro atoms. The first-order valence-electron chi connectivity index (χ1n) is 6.74. The molecule has 19 heavy (non-hydrogen) atoms. The normalized spacial score (nSPS) is 23.0. The molecule has 0 aliphatic carbocycles. The van der Waals surface area contributed by atoms with Gasteiger partial charge < -0.3 is 10.6 Å². The molecular weight excluding hydrogens is 258 g/mol. The fourth-order valence-electron chi connectivity index (χ4n) is 2.22. The Labute approximate surface area is 118 Å². The summed E-state index contributed by atoms with van der Waals surface area (Å²) >= 11 is 1.67. The number of carbonyl (C=O) groups is 1. The van der Waals surface area contributed by atoms with Gasteiger partial charge in [0.25, 0.3) is 0 Å². The highest BCUT2D eigenvalue weighted by atomic mass is 32.2. The predicted octanol–water partition coefficient (Wildman–Crippen LogP) is 1.68. The first-order valence-corrected chi connectivity index (χ1v) is 7.72. The van der Waals surface area contributed by atoms with Crippen molar-refractivity contribution in [3.05, 3.63) is 24.4 Å². The SMILES string of the molecule is CC1(C(=O)NCCSc2ccccn2)CCCNC1. The third-order valence-corrected chi connectivity index (χ3v) is 4.37. The number of hydrogen-bond acceptors (Lipinski definition) is 4. The Bertz CT molecular complexity index is 404. The molecular formula is C14H21N3OS. The Morgan fingerprint density at radius 3 is 3.16 bits per heavy atom. The molecule has 1 atom stereocenters. The molecule has 1 aromatic heterocycles. The monoisotopic (exact) mass is 279 g/mol. The van der Waals surface area contributed by atoms with Crippen LogP contribution in [0.15, 0.2) is 29.4 Å². The maximum atomic E-state index is 12.2. The number of pyridine rings is 1. The van der Waals surface area contributed by atoms with Crippen LogP contribution in [0, 0.1) is 5.41 Å². The molecule has 1 aliphatic heterocycles. The van der Waals surface area contributed by atoms with E-state index in [0.29, 0.717) is 6.54 Å². The molecule has 1 amide bonds. The summed E-state index contributed by atoms with van der Waals surface area (Å²) in [6, 6.07) is 5.87. The molecule has 2 heterocycles. The van der Waals surface area contributed by atoms with Crippen molar-refractivity contribution in [1.82, 2.24) is 15.6 Å². The van der Waals surface area contributed by atoms with Crippen LogP contribution in [0.2, 0.25) is 0 Å². The van der Waals surface area contributed by atoms with E-state index in [0.717, 1.165) is 36.7 Å². The van der Waals surface area contributed by atoms with E-state index in [1.54, 1.807) is 18.0 Å². The lowest BCUT2D eigenvalue weighted by Gasteiger charge is -2.32. The zero-order valence-corrected chi connectivity index (χ0v) is 12.1. The van der Waals surface area contributed by atoms with Crippen LogP contribution in [0.4, 0.5) is 0 Å². The van der Waals surface area contributed by atoms with E-state index in [-0.39, 0.29) is 11.3 Å². The standard InChI is InChI=1S/C14H21N3OS/c1-14(6-4-7-15-11-14)13(18)17-9-10-19-12-5-2-3-8-16-12/h2-3,5,8,15H,4,6-7,9-11H2,1H3,(H,17,18). The summed E-state index contributed by atoms with van der Waals surface area (Å²) in [5.74, 6) is 1.02. The quantitative estimate of drug-likeness (QED) is 0.636. The Kier molecular flexibility index (Phi) is 5.22. The van der Waals surface area contributed by atoms with Gasteiger partial charge in [-0.25, -0.2) is 4.98 Å². The van der Waals surface area contributed by atoms with Crippen molar-refractivity contribution < 1.29 is 4.79 Å². The van der Waals surface area contributed by atoms with Crippen molar-refractivity contribution in [3.63, 3.8) is 0 Å². The molecule has 104 valence electrons. The fourth-order valence-corrected chi connectivity index (χ4v) is 2.94. The second kappa shape index (κ2) is 6.91. The molecule has 2 rings (SSSR count). The molecule has 0 radical (unpaired) electrons. The topological polar surface area (TPSA) is 54.0 Å². The van der Waals surface area contributed by atoms with E-state index in [4.69, 9.17) is 0 Å². The maximum absolute atomic E-state index is 12.2. The number of piperidine rings is 1. The van der Waals surface area contributed by atoms with Crippen LogP contribution in [0.3, 0.4) is 0 Å². The lowest BCUT2D eigenvalue weighted by atomic mass is 9.82. The average molecular weight is 279 g/mol. The van der Waals surface area contributed by atoms with Crippen LogP contribution in [0.1, 0.15) is 19.8 Å². The summed E-state index contributed by atoms with van der Waals surface area (Å²) < 4.78 is 0. The molecule has 1 aromatic rings. The van der Waals surface area contributed by atoms with E-state index in [1.807, 2.05) is 25.1 Å². The van der Waals surface area contributed by atoms with Gasteiger partial charge in [0.05, 0.1) is 10.4 Å². The lowest BCUT2D eigenvalue weighted by molar-refractivity contribution is -0.130. The average Bonchev–Trinajstić information content (AvgIpc) is 2.45. The fraction of sp³-hybridized carbons (Fsp3) is 0.571. The number of aromatic nitrogens is 1. The minimum Gasteiger partial charge on any atom is -0.355 e. The van der Waals surface area contributed by atoms with Gasteiger partial charge in [0.1, 0.15) is 0 Å². The van der Waals surface area contributed by atoms with Crippen LogP contribution in [-0.2, 0) is 4.79 Å². The van der Waals surface area contributed by atoms with E-state index < -0.39 is 0 Å². The van der Waals surface area contributed by atoms with Crippen LogP contribution in [0.25, 0.3) is 0 Å². The highest BCUT2D eigenvalue weighted by Crippen LogP contribution is 2.25. The summed E-state index contributed by atoms with van der Waals surface area (Å²) in [6.07, 6.45) is 3.83. The smallest absolute Gasteiger partial charge is 0.227 e. The number of nitrogens with one attached hydrogen (secondary N) is 2. The summed E-state index contributed by atoms with van der Waals surface area (Å²) in [6.45, 7) is 4.54. The van der Waals surface area contributed by atoms with Crippen LogP contribution < -0.4 is 10.6 Å². The molecule has 2 N–H and O–H groups in total. The molecule has 1 fully saturated rings. The zero-order valence-electron chi connectivity index (χ0n) is 11.3. The van der Waals surface area contributed by atoms with E-state index >= 15 is 0 Å². The summed E-state index contributed by atoms with van der Waals surface area (Å²) in [5, 5.41) is 7.33. The molecule has 5 heteroatoms. The first kappa shape index (κ1) is 14.3. The van der Waals surface area contributed by atoms with Gasteiger partial charge in [0.2, 0.25) is 5.91 Å². The number of nitrogens with zero attached hydrogens (tertiary/aromatic N) is 1. The van der Waals surface area contributed by atoms with Gasteiger partial charge in [0.15, 0.2) is 0 Å². The number of rotatable bonds is 5. The number of hydrogen-bond donors (Lipinski definition) is 2. The number of carbonyl (C=O) groups excluding carboxylic acids is 1. The van der Waals surface area contributed by atoms with Gasteiger partial charge >= 0.3 is 0 Å². The largest absolute Gasteiger partial charge is 0.355 e. The van der Waals surface area contributed by atoms with Gasteiger partial charge in [0, 0.05) is 25.0 Å².